The van der Waals surface area contributed by atoms with Crippen molar-refractivity contribution >= 4 is 17.2 Å². The van der Waals surface area contributed by atoms with Gasteiger partial charge >= 0.3 is 0 Å². The molecule has 1 saturated carbocycles. The fourth-order valence-electron chi connectivity index (χ4n) is 3.78. The van der Waals surface area contributed by atoms with Gasteiger partial charge in [0, 0.05) is 24.9 Å². The third-order valence-electron chi connectivity index (χ3n) is 5.24. The molecule has 4 rings (SSSR count). The van der Waals surface area contributed by atoms with E-state index in [1.54, 1.807) is 5.51 Å². The first-order valence-corrected chi connectivity index (χ1v) is 9.63. The maximum Gasteiger partial charge on any atom is 0.259 e. The van der Waals surface area contributed by atoms with Crippen LogP contribution < -0.4 is 0 Å². The van der Waals surface area contributed by atoms with Crippen molar-refractivity contribution in [2.75, 3.05) is 13.1 Å². The van der Waals surface area contributed by atoms with E-state index in [1.165, 1.54) is 24.2 Å². The molecule has 3 heterocycles. The zero-order chi connectivity index (χ0) is 16.5. The molecular weight excluding hydrogens is 324 g/mol. The Kier molecular flexibility index (Phi) is 4.35. The van der Waals surface area contributed by atoms with E-state index < -0.39 is 0 Å². The van der Waals surface area contributed by atoms with Crippen molar-refractivity contribution in [2.45, 2.75) is 51.4 Å². The number of carbonyl (C=O) groups is 1. The molecule has 128 valence electrons. The quantitative estimate of drug-likeness (QED) is 0.852. The van der Waals surface area contributed by atoms with E-state index in [4.69, 9.17) is 4.42 Å². The van der Waals surface area contributed by atoms with Gasteiger partial charge in [-0.3, -0.25) is 4.79 Å². The van der Waals surface area contributed by atoms with Gasteiger partial charge in [0.25, 0.3) is 5.89 Å². The molecule has 0 atom stereocenters. The Labute approximate surface area is 145 Å². The minimum Gasteiger partial charge on any atom is -0.420 e. The molecule has 0 unspecified atom stereocenters. The third-order valence-corrected chi connectivity index (χ3v) is 6.16. The summed E-state index contributed by atoms with van der Waals surface area (Å²) in [6.07, 6.45) is 6.35. The molecule has 1 aliphatic heterocycles. The predicted molar refractivity (Wildman–Crippen MR) is 90.7 cm³/mol. The first kappa shape index (κ1) is 15.7. The largest absolute Gasteiger partial charge is 0.420 e. The van der Waals surface area contributed by atoms with Crippen molar-refractivity contribution in [2.24, 2.45) is 5.92 Å². The van der Waals surface area contributed by atoms with Gasteiger partial charge in [0.1, 0.15) is 4.88 Å². The van der Waals surface area contributed by atoms with Crippen LogP contribution in [-0.4, -0.2) is 39.1 Å². The van der Waals surface area contributed by atoms with E-state index in [9.17, 15) is 4.79 Å². The van der Waals surface area contributed by atoms with E-state index in [0.717, 1.165) is 49.3 Å². The molecule has 0 N–H and O–H groups in total. The summed E-state index contributed by atoms with van der Waals surface area (Å²) in [7, 11) is 0. The SMILES string of the molecule is Cc1ncsc1-c1nnc(C2CCN(C(=O)C3CCCC3)CC2)o1. The Balaban J connectivity index is 1.38. The minimum atomic E-state index is 0.257. The first-order valence-electron chi connectivity index (χ1n) is 8.75. The van der Waals surface area contributed by atoms with E-state index in [2.05, 4.69) is 15.2 Å². The van der Waals surface area contributed by atoms with Crippen LogP contribution in [0.3, 0.4) is 0 Å². The van der Waals surface area contributed by atoms with Crippen molar-refractivity contribution in [3.05, 3.63) is 17.1 Å². The molecule has 1 amide bonds. The maximum atomic E-state index is 12.5. The number of amides is 1. The summed E-state index contributed by atoms with van der Waals surface area (Å²) in [6.45, 7) is 3.55. The molecule has 0 radical (unpaired) electrons. The number of likely N-dealkylation sites (tertiary alicyclic amines) is 1. The van der Waals surface area contributed by atoms with Crippen molar-refractivity contribution in [3.63, 3.8) is 0 Å². The molecule has 1 aliphatic carbocycles. The van der Waals surface area contributed by atoms with Gasteiger partial charge in [-0.15, -0.1) is 21.5 Å². The number of aromatic nitrogens is 3. The smallest absolute Gasteiger partial charge is 0.259 e. The molecule has 24 heavy (non-hydrogen) atoms. The Morgan fingerprint density at radius 1 is 1.21 bits per heavy atom. The fourth-order valence-corrected chi connectivity index (χ4v) is 4.50. The molecule has 6 nitrogen and oxygen atoms in total. The van der Waals surface area contributed by atoms with Gasteiger partial charge in [0.05, 0.1) is 11.2 Å². The van der Waals surface area contributed by atoms with Gasteiger partial charge in [-0.1, -0.05) is 12.8 Å². The molecule has 1 saturated heterocycles. The van der Waals surface area contributed by atoms with Crippen LogP contribution >= 0.6 is 11.3 Å². The van der Waals surface area contributed by atoms with Crippen LogP contribution in [0, 0.1) is 12.8 Å². The molecule has 2 aliphatic rings. The van der Waals surface area contributed by atoms with E-state index in [-0.39, 0.29) is 11.8 Å². The van der Waals surface area contributed by atoms with Crippen molar-refractivity contribution in [1.29, 1.82) is 0 Å². The monoisotopic (exact) mass is 346 g/mol. The lowest BCUT2D eigenvalue weighted by molar-refractivity contribution is -0.136. The highest BCUT2D eigenvalue weighted by molar-refractivity contribution is 7.13. The Hall–Kier alpha value is -1.76. The summed E-state index contributed by atoms with van der Waals surface area (Å²) < 4.78 is 5.89. The van der Waals surface area contributed by atoms with E-state index in [0.29, 0.717) is 17.7 Å². The molecule has 0 aromatic carbocycles. The number of hydrogen-bond donors (Lipinski definition) is 0. The number of nitrogens with zero attached hydrogens (tertiary/aromatic N) is 4. The van der Waals surface area contributed by atoms with Gasteiger partial charge in [-0.05, 0) is 32.6 Å². The van der Waals surface area contributed by atoms with Crippen molar-refractivity contribution in [3.8, 4) is 10.8 Å². The Morgan fingerprint density at radius 2 is 1.96 bits per heavy atom. The molecule has 0 spiro atoms. The fraction of sp³-hybridized carbons (Fsp3) is 0.647. The second kappa shape index (κ2) is 6.63. The van der Waals surface area contributed by atoms with Crippen LogP contribution in [0.15, 0.2) is 9.93 Å². The molecule has 7 heteroatoms. The molecular formula is C17H22N4O2S. The summed E-state index contributed by atoms with van der Waals surface area (Å²) >= 11 is 1.52. The van der Waals surface area contributed by atoms with Crippen LogP contribution in [0.5, 0.6) is 0 Å². The number of aryl methyl sites for hydroxylation is 1. The highest BCUT2D eigenvalue weighted by Crippen LogP contribution is 2.33. The van der Waals surface area contributed by atoms with Gasteiger partial charge in [-0.2, -0.15) is 0 Å². The van der Waals surface area contributed by atoms with Crippen molar-refractivity contribution < 1.29 is 9.21 Å². The van der Waals surface area contributed by atoms with Crippen LogP contribution in [-0.2, 0) is 4.79 Å². The standard InChI is InChI=1S/C17H22N4O2S/c1-11-14(24-10-18-11)16-20-19-15(23-16)12-6-8-21(9-7-12)17(22)13-4-2-3-5-13/h10,12-13H,2-9H2,1H3. The van der Waals surface area contributed by atoms with Crippen LogP contribution in [0.1, 0.15) is 56.0 Å². The maximum absolute atomic E-state index is 12.5. The lowest BCUT2D eigenvalue weighted by atomic mass is 9.95. The van der Waals surface area contributed by atoms with E-state index in [1.807, 2.05) is 11.8 Å². The second-order valence-corrected chi connectivity index (χ2v) is 7.65. The van der Waals surface area contributed by atoms with E-state index >= 15 is 0 Å². The topological polar surface area (TPSA) is 72.1 Å². The molecule has 0 bridgehead atoms. The summed E-state index contributed by atoms with van der Waals surface area (Å²) in [5.74, 6) is 2.15. The van der Waals surface area contributed by atoms with Crippen molar-refractivity contribution in [1.82, 2.24) is 20.1 Å². The number of piperidine rings is 1. The number of rotatable bonds is 3. The molecule has 2 aromatic rings. The van der Waals surface area contributed by atoms with Crippen LogP contribution in [0.2, 0.25) is 0 Å². The zero-order valence-corrected chi connectivity index (χ0v) is 14.7. The Bertz CT molecular complexity index is 712. The summed E-state index contributed by atoms with van der Waals surface area (Å²) in [5.41, 5.74) is 2.72. The summed E-state index contributed by atoms with van der Waals surface area (Å²) in [6, 6.07) is 0. The van der Waals surface area contributed by atoms with Gasteiger partial charge in [0.15, 0.2) is 0 Å². The lowest BCUT2D eigenvalue weighted by Crippen LogP contribution is -2.40. The van der Waals surface area contributed by atoms with Crippen LogP contribution in [0.25, 0.3) is 10.8 Å². The van der Waals surface area contributed by atoms with Crippen LogP contribution in [0.4, 0.5) is 0 Å². The first-order chi connectivity index (χ1) is 11.7. The highest BCUT2D eigenvalue weighted by atomic mass is 32.1. The molecule has 2 aromatic heterocycles. The Morgan fingerprint density at radius 3 is 2.62 bits per heavy atom. The average Bonchev–Trinajstić information content (AvgIpc) is 3.35. The predicted octanol–water partition coefficient (Wildman–Crippen LogP) is 3.40. The third kappa shape index (κ3) is 2.97. The minimum absolute atomic E-state index is 0.257. The highest BCUT2D eigenvalue weighted by Gasteiger charge is 2.32. The lowest BCUT2D eigenvalue weighted by Gasteiger charge is -2.32. The van der Waals surface area contributed by atoms with Gasteiger partial charge in [0.2, 0.25) is 11.8 Å². The average molecular weight is 346 g/mol. The second-order valence-electron chi connectivity index (χ2n) is 6.79. The zero-order valence-electron chi connectivity index (χ0n) is 13.9. The number of carbonyl (C=O) groups excluding carboxylic acids is 1. The normalized spacial score (nSPS) is 20.0. The number of hydrogen-bond acceptors (Lipinski definition) is 6. The number of thiazole rings is 1. The van der Waals surface area contributed by atoms with Gasteiger partial charge < -0.3 is 9.32 Å². The molecule has 2 fully saturated rings. The summed E-state index contributed by atoms with van der Waals surface area (Å²) in [4.78, 5) is 19.7. The summed E-state index contributed by atoms with van der Waals surface area (Å²) in [5, 5.41) is 8.43. The van der Waals surface area contributed by atoms with Gasteiger partial charge in [-0.25, -0.2) is 4.98 Å².